The Kier molecular flexibility index (Phi) is 3.89. The van der Waals surface area contributed by atoms with Gasteiger partial charge >= 0.3 is 0 Å². The number of anilines is 1. The van der Waals surface area contributed by atoms with Crippen molar-refractivity contribution < 1.29 is 8.42 Å². The fourth-order valence-electron chi connectivity index (χ4n) is 1.32. The van der Waals surface area contributed by atoms with Crippen LogP contribution in [0.2, 0.25) is 5.02 Å². The molecule has 1 aromatic heterocycles. The van der Waals surface area contributed by atoms with E-state index in [2.05, 4.69) is 25.6 Å². The molecule has 7 heteroatoms. The monoisotopic (exact) mass is 346 g/mol. The van der Waals surface area contributed by atoms with Crippen molar-refractivity contribution in [2.75, 3.05) is 4.72 Å². The van der Waals surface area contributed by atoms with Crippen LogP contribution in [0.15, 0.2) is 52.0 Å². The van der Waals surface area contributed by atoms with Crippen molar-refractivity contribution in [1.82, 2.24) is 4.98 Å². The predicted octanol–water partition coefficient (Wildman–Crippen LogP) is 3.30. The van der Waals surface area contributed by atoms with Crippen molar-refractivity contribution in [3.05, 3.63) is 52.1 Å². The third-order valence-corrected chi connectivity index (χ3v) is 4.43. The molecule has 0 aliphatic heterocycles. The van der Waals surface area contributed by atoms with Gasteiger partial charge < -0.3 is 0 Å². The number of nitrogens with one attached hydrogen (secondary N) is 1. The standard InChI is InChI=1S/C11H8BrClN2O2S/c12-8-5-6-14-11(7-8)15-18(16,17)10-4-2-1-3-9(10)13/h1-7H,(H,14,15). The van der Waals surface area contributed by atoms with Crippen molar-refractivity contribution in [3.63, 3.8) is 0 Å². The first-order chi connectivity index (χ1) is 8.49. The molecule has 1 N–H and O–H groups in total. The molecule has 0 bridgehead atoms. The zero-order valence-electron chi connectivity index (χ0n) is 8.97. The van der Waals surface area contributed by atoms with Gasteiger partial charge in [-0.25, -0.2) is 13.4 Å². The Morgan fingerprint density at radius 3 is 2.61 bits per heavy atom. The number of nitrogens with zero attached hydrogens (tertiary/aromatic N) is 1. The molecule has 0 unspecified atom stereocenters. The second kappa shape index (κ2) is 5.26. The molecule has 2 rings (SSSR count). The van der Waals surface area contributed by atoms with E-state index in [1.54, 1.807) is 24.3 Å². The average Bonchev–Trinajstić information content (AvgIpc) is 2.28. The van der Waals surface area contributed by atoms with E-state index in [4.69, 9.17) is 11.6 Å². The van der Waals surface area contributed by atoms with Gasteiger partial charge in [0.2, 0.25) is 0 Å². The summed E-state index contributed by atoms with van der Waals surface area (Å²) in [6, 6.07) is 9.49. The Morgan fingerprint density at radius 2 is 1.94 bits per heavy atom. The molecule has 0 atom stereocenters. The van der Waals surface area contributed by atoms with Gasteiger partial charge in [0.25, 0.3) is 10.0 Å². The summed E-state index contributed by atoms with van der Waals surface area (Å²) in [7, 11) is -3.73. The summed E-state index contributed by atoms with van der Waals surface area (Å²) < 4.78 is 27.3. The van der Waals surface area contributed by atoms with Gasteiger partial charge in [-0.05, 0) is 24.3 Å². The van der Waals surface area contributed by atoms with Crippen LogP contribution in [-0.2, 0) is 10.0 Å². The second-order valence-corrected chi connectivity index (χ2v) is 6.37. The predicted molar refractivity (Wildman–Crippen MR) is 74.2 cm³/mol. The lowest BCUT2D eigenvalue weighted by molar-refractivity contribution is 0.601. The van der Waals surface area contributed by atoms with Crippen LogP contribution in [0.1, 0.15) is 0 Å². The van der Waals surface area contributed by atoms with E-state index in [1.165, 1.54) is 18.3 Å². The number of rotatable bonds is 3. The van der Waals surface area contributed by atoms with Crippen LogP contribution in [0.5, 0.6) is 0 Å². The number of halogens is 2. The highest BCUT2D eigenvalue weighted by Gasteiger charge is 2.17. The SMILES string of the molecule is O=S(=O)(Nc1cc(Br)ccn1)c1ccccc1Cl. The van der Waals surface area contributed by atoms with Gasteiger partial charge in [-0.1, -0.05) is 39.7 Å². The van der Waals surface area contributed by atoms with Gasteiger partial charge in [-0.15, -0.1) is 0 Å². The highest BCUT2D eigenvalue weighted by molar-refractivity contribution is 9.10. The molecule has 18 heavy (non-hydrogen) atoms. The number of aromatic nitrogens is 1. The highest BCUT2D eigenvalue weighted by Crippen LogP contribution is 2.23. The summed E-state index contributed by atoms with van der Waals surface area (Å²) in [4.78, 5) is 3.94. The normalized spacial score (nSPS) is 11.2. The van der Waals surface area contributed by atoms with E-state index in [-0.39, 0.29) is 15.7 Å². The second-order valence-electron chi connectivity index (χ2n) is 3.40. The van der Waals surface area contributed by atoms with Gasteiger partial charge in [0.15, 0.2) is 0 Å². The maximum Gasteiger partial charge on any atom is 0.264 e. The fourth-order valence-corrected chi connectivity index (χ4v) is 3.17. The quantitative estimate of drug-likeness (QED) is 0.927. The highest BCUT2D eigenvalue weighted by atomic mass is 79.9. The molecular formula is C11H8BrClN2O2S. The molecule has 0 aliphatic carbocycles. The largest absolute Gasteiger partial charge is 0.264 e. The number of benzene rings is 1. The molecule has 0 aliphatic rings. The summed E-state index contributed by atoms with van der Waals surface area (Å²) >= 11 is 9.10. The first kappa shape index (κ1) is 13.3. The van der Waals surface area contributed by atoms with E-state index in [1.807, 2.05) is 0 Å². The smallest absolute Gasteiger partial charge is 0.263 e. The lowest BCUT2D eigenvalue weighted by Crippen LogP contribution is -2.14. The Bertz CT molecular complexity index is 676. The molecular weight excluding hydrogens is 340 g/mol. The molecule has 0 spiro atoms. The van der Waals surface area contributed by atoms with E-state index in [9.17, 15) is 8.42 Å². The van der Waals surface area contributed by atoms with Crippen LogP contribution >= 0.6 is 27.5 Å². The number of pyridine rings is 1. The van der Waals surface area contributed by atoms with E-state index in [0.29, 0.717) is 0 Å². The molecule has 94 valence electrons. The lowest BCUT2D eigenvalue weighted by atomic mass is 10.4. The Balaban J connectivity index is 2.37. The molecule has 0 saturated carbocycles. The van der Waals surface area contributed by atoms with Crippen LogP contribution in [0.4, 0.5) is 5.82 Å². The summed E-state index contributed by atoms with van der Waals surface area (Å²) in [5.74, 6) is 0.226. The minimum Gasteiger partial charge on any atom is -0.263 e. The van der Waals surface area contributed by atoms with Crippen LogP contribution in [0.25, 0.3) is 0 Å². The number of hydrogen-bond donors (Lipinski definition) is 1. The van der Waals surface area contributed by atoms with E-state index in [0.717, 1.165) is 4.47 Å². The molecule has 0 radical (unpaired) electrons. The van der Waals surface area contributed by atoms with Gasteiger partial charge in [0.05, 0.1) is 5.02 Å². The number of hydrogen-bond acceptors (Lipinski definition) is 3. The molecule has 0 saturated heterocycles. The molecule has 2 aromatic rings. The molecule has 4 nitrogen and oxygen atoms in total. The first-order valence-electron chi connectivity index (χ1n) is 4.88. The fraction of sp³-hybridized carbons (Fsp3) is 0. The molecule has 0 fully saturated rings. The summed E-state index contributed by atoms with van der Waals surface area (Å²) in [6.07, 6.45) is 1.49. The molecule has 0 amide bonds. The summed E-state index contributed by atoms with van der Waals surface area (Å²) in [5, 5.41) is 0.167. The van der Waals surface area contributed by atoms with E-state index >= 15 is 0 Å². The van der Waals surface area contributed by atoms with Crippen LogP contribution in [0, 0.1) is 0 Å². The zero-order valence-corrected chi connectivity index (χ0v) is 12.1. The minimum absolute atomic E-state index is 0.0217. The maximum absolute atomic E-state index is 12.1. The summed E-state index contributed by atoms with van der Waals surface area (Å²) in [6.45, 7) is 0. The molecule has 1 heterocycles. The average molecular weight is 348 g/mol. The van der Waals surface area contributed by atoms with Gasteiger partial charge in [-0.3, -0.25) is 4.72 Å². The maximum atomic E-state index is 12.1. The molecule has 1 aromatic carbocycles. The lowest BCUT2D eigenvalue weighted by Gasteiger charge is -2.08. The van der Waals surface area contributed by atoms with Gasteiger partial charge in [0.1, 0.15) is 10.7 Å². The van der Waals surface area contributed by atoms with Crippen LogP contribution < -0.4 is 4.72 Å². The van der Waals surface area contributed by atoms with Crippen molar-refractivity contribution >= 4 is 43.4 Å². The first-order valence-corrected chi connectivity index (χ1v) is 7.53. The Labute approximate surface area is 118 Å². The zero-order chi connectivity index (χ0) is 13.2. The van der Waals surface area contributed by atoms with Crippen molar-refractivity contribution in [3.8, 4) is 0 Å². The minimum atomic E-state index is -3.73. The van der Waals surface area contributed by atoms with Gasteiger partial charge in [-0.2, -0.15) is 0 Å². The Morgan fingerprint density at radius 1 is 1.22 bits per heavy atom. The van der Waals surface area contributed by atoms with Crippen molar-refractivity contribution in [1.29, 1.82) is 0 Å². The van der Waals surface area contributed by atoms with Crippen LogP contribution in [0.3, 0.4) is 0 Å². The number of sulfonamides is 1. The van der Waals surface area contributed by atoms with Gasteiger partial charge in [0, 0.05) is 10.7 Å². The Hall–Kier alpha value is -1.11. The van der Waals surface area contributed by atoms with Crippen LogP contribution in [-0.4, -0.2) is 13.4 Å². The van der Waals surface area contributed by atoms with E-state index < -0.39 is 10.0 Å². The van der Waals surface area contributed by atoms with Crippen molar-refractivity contribution in [2.24, 2.45) is 0 Å². The topological polar surface area (TPSA) is 59.1 Å². The third-order valence-electron chi connectivity index (χ3n) is 2.09. The third kappa shape index (κ3) is 3.01. The summed E-state index contributed by atoms with van der Waals surface area (Å²) in [5.41, 5.74) is 0. The van der Waals surface area contributed by atoms with Crippen molar-refractivity contribution in [2.45, 2.75) is 4.90 Å².